The Morgan fingerprint density at radius 2 is 1.73 bits per heavy atom. The summed E-state index contributed by atoms with van der Waals surface area (Å²) in [5.41, 5.74) is 7.43. The molecular formula is C32H38F3N5O4. The first-order valence-corrected chi connectivity index (χ1v) is 15.0. The third-order valence-corrected chi connectivity index (χ3v) is 8.20. The molecular weight excluding hydrogens is 575 g/mol. The predicted molar refractivity (Wildman–Crippen MR) is 160 cm³/mol. The third-order valence-electron chi connectivity index (χ3n) is 8.20. The van der Waals surface area contributed by atoms with E-state index in [-0.39, 0.29) is 34.8 Å². The van der Waals surface area contributed by atoms with Crippen molar-refractivity contribution in [2.45, 2.75) is 57.9 Å². The molecule has 3 N–H and O–H groups in total. The van der Waals surface area contributed by atoms with Gasteiger partial charge in [-0.25, -0.2) is 0 Å². The summed E-state index contributed by atoms with van der Waals surface area (Å²) in [5, 5.41) is 3.28. The van der Waals surface area contributed by atoms with Gasteiger partial charge in [0.15, 0.2) is 0 Å². The molecule has 236 valence electrons. The number of hydrogen-bond acceptors (Lipinski definition) is 9. The molecule has 2 saturated heterocycles. The summed E-state index contributed by atoms with van der Waals surface area (Å²) >= 11 is 0. The van der Waals surface area contributed by atoms with E-state index >= 15 is 0 Å². The highest BCUT2D eigenvalue weighted by Crippen LogP contribution is 2.42. The van der Waals surface area contributed by atoms with E-state index in [1.165, 1.54) is 18.2 Å². The predicted octanol–water partition coefficient (Wildman–Crippen LogP) is 5.71. The Kier molecular flexibility index (Phi) is 9.48. The van der Waals surface area contributed by atoms with Crippen LogP contribution < -0.4 is 25.4 Å². The Labute approximate surface area is 254 Å². The lowest BCUT2D eigenvalue weighted by molar-refractivity contribution is -0.198. The number of aromatic nitrogens is 2. The second-order valence-electron chi connectivity index (χ2n) is 11.3. The number of esters is 1. The number of hydrogen-bond donors (Lipinski definition) is 2. The molecule has 0 radical (unpaired) electrons. The van der Waals surface area contributed by atoms with E-state index in [1.807, 2.05) is 36.1 Å². The van der Waals surface area contributed by atoms with E-state index in [2.05, 4.69) is 15.3 Å². The molecule has 0 amide bonds. The Morgan fingerprint density at radius 1 is 1.07 bits per heavy atom. The van der Waals surface area contributed by atoms with Gasteiger partial charge in [-0.2, -0.15) is 23.1 Å². The highest BCUT2D eigenvalue weighted by Gasteiger charge is 2.45. The van der Waals surface area contributed by atoms with Crippen LogP contribution in [0, 0.1) is 5.41 Å². The summed E-state index contributed by atoms with van der Waals surface area (Å²) in [5.74, 6) is 0.469. The highest BCUT2D eigenvalue weighted by atomic mass is 19.4. The number of anilines is 2. The Bertz CT molecular complexity index is 1410. The second-order valence-corrected chi connectivity index (χ2v) is 11.3. The minimum atomic E-state index is -4.71. The third kappa shape index (κ3) is 7.35. The summed E-state index contributed by atoms with van der Waals surface area (Å²) in [7, 11) is 0. The summed E-state index contributed by atoms with van der Waals surface area (Å²) in [6, 6.07) is 14.6. The standard InChI is InChI=1S/C32H38F3N5O4/c1-3-17-43-24-11-9-22(10-12-24)21-5-7-23(8-6-21)28(32(33,34)35)44-27-18-26(38-30(36)39-27)40-15-13-31(14-16-40)19-25(37-20-31)29(41)42-4-2/h5-12,18,25,28,37H,3-4,13-17,19-20H2,1-2H3,(H2,36,38,39)/t25-,28+/m0/s1. The van der Waals surface area contributed by atoms with Crippen molar-refractivity contribution >= 4 is 17.7 Å². The minimum absolute atomic E-state index is 0.0513. The van der Waals surface area contributed by atoms with Gasteiger partial charge in [-0.05, 0) is 61.3 Å². The maximum Gasteiger partial charge on any atom is 0.429 e. The number of carbonyl (C=O) groups is 1. The van der Waals surface area contributed by atoms with Gasteiger partial charge < -0.3 is 30.2 Å². The molecule has 0 aliphatic carbocycles. The topological polar surface area (TPSA) is 112 Å². The van der Waals surface area contributed by atoms with Crippen LogP contribution in [0.15, 0.2) is 54.6 Å². The fourth-order valence-corrected chi connectivity index (χ4v) is 5.83. The average Bonchev–Trinajstić information content (AvgIpc) is 3.42. The first-order chi connectivity index (χ1) is 21.1. The van der Waals surface area contributed by atoms with Crippen molar-refractivity contribution in [1.29, 1.82) is 0 Å². The average molecular weight is 614 g/mol. The molecule has 0 saturated carbocycles. The molecule has 2 aromatic carbocycles. The first-order valence-electron chi connectivity index (χ1n) is 15.0. The van der Waals surface area contributed by atoms with Crippen LogP contribution in [0.4, 0.5) is 24.9 Å². The number of ether oxygens (including phenoxy) is 3. The van der Waals surface area contributed by atoms with Crippen molar-refractivity contribution in [1.82, 2.24) is 15.3 Å². The molecule has 9 nitrogen and oxygen atoms in total. The van der Waals surface area contributed by atoms with Crippen LogP contribution in [-0.2, 0) is 9.53 Å². The summed E-state index contributed by atoms with van der Waals surface area (Å²) in [4.78, 5) is 22.4. The number of nitrogens with one attached hydrogen (secondary N) is 1. The van der Waals surface area contributed by atoms with Gasteiger partial charge in [0.05, 0.1) is 13.2 Å². The van der Waals surface area contributed by atoms with Gasteiger partial charge >= 0.3 is 12.1 Å². The van der Waals surface area contributed by atoms with Crippen molar-refractivity contribution < 1.29 is 32.2 Å². The van der Waals surface area contributed by atoms with Gasteiger partial charge in [0.1, 0.15) is 17.6 Å². The largest absolute Gasteiger partial charge is 0.494 e. The molecule has 0 unspecified atom stereocenters. The molecule has 44 heavy (non-hydrogen) atoms. The normalized spacial score (nSPS) is 18.7. The van der Waals surface area contributed by atoms with Gasteiger partial charge in [-0.1, -0.05) is 43.3 Å². The molecule has 3 heterocycles. The van der Waals surface area contributed by atoms with Crippen LogP contribution in [0.5, 0.6) is 11.6 Å². The molecule has 5 rings (SSSR count). The van der Waals surface area contributed by atoms with Gasteiger partial charge in [0.25, 0.3) is 0 Å². The van der Waals surface area contributed by atoms with E-state index in [4.69, 9.17) is 19.9 Å². The number of benzene rings is 2. The van der Waals surface area contributed by atoms with Crippen LogP contribution in [0.1, 0.15) is 51.2 Å². The van der Waals surface area contributed by atoms with Crippen LogP contribution in [0.3, 0.4) is 0 Å². The van der Waals surface area contributed by atoms with E-state index in [0.29, 0.717) is 45.1 Å². The number of halogens is 3. The SMILES string of the molecule is CCCOc1ccc(-c2ccc([C@@H](Oc3cc(N4CCC5(CC4)CN[C@H](C(=O)OCC)C5)nc(N)n3)C(F)(F)F)cc2)cc1. The summed E-state index contributed by atoms with van der Waals surface area (Å²) in [6.45, 7) is 6.66. The van der Waals surface area contributed by atoms with Crippen molar-refractivity contribution in [3.8, 4) is 22.8 Å². The zero-order valence-electron chi connectivity index (χ0n) is 24.9. The lowest BCUT2D eigenvalue weighted by Crippen LogP contribution is -2.41. The van der Waals surface area contributed by atoms with E-state index < -0.39 is 12.3 Å². The number of rotatable bonds is 10. The molecule has 2 aliphatic heterocycles. The van der Waals surface area contributed by atoms with Crippen molar-refractivity contribution in [2.24, 2.45) is 5.41 Å². The zero-order valence-corrected chi connectivity index (χ0v) is 24.9. The lowest BCUT2D eigenvalue weighted by Gasteiger charge is -2.39. The van der Waals surface area contributed by atoms with E-state index in [9.17, 15) is 18.0 Å². The van der Waals surface area contributed by atoms with Gasteiger partial charge in [0, 0.05) is 31.3 Å². The van der Waals surface area contributed by atoms with Crippen molar-refractivity contribution in [2.75, 3.05) is 43.5 Å². The van der Waals surface area contributed by atoms with Gasteiger partial charge in [-0.15, -0.1) is 0 Å². The fourth-order valence-electron chi connectivity index (χ4n) is 5.83. The summed E-state index contributed by atoms with van der Waals surface area (Å²) in [6.07, 6.45) is -3.82. The number of nitrogen functional groups attached to an aromatic ring is 1. The van der Waals surface area contributed by atoms with E-state index in [0.717, 1.165) is 36.1 Å². The number of nitrogens with zero attached hydrogens (tertiary/aromatic N) is 3. The second kappa shape index (κ2) is 13.3. The zero-order chi connectivity index (χ0) is 31.3. The van der Waals surface area contributed by atoms with E-state index in [1.54, 1.807) is 19.1 Å². The lowest BCUT2D eigenvalue weighted by atomic mass is 9.76. The maximum atomic E-state index is 14.3. The van der Waals surface area contributed by atoms with Crippen molar-refractivity contribution in [3.63, 3.8) is 0 Å². The number of alkyl halides is 3. The van der Waals surface area contributed by atoms with Gasteiger partial charge in [0.2, 0.25) is 17.9 Å². The van der Waals surface area contributed by atoms with Crippen LogP contribution in [0.25, 0.3) is 11.1 Å². The summed E-state index contributed by atoms with van der Waals surface area (Å²) < 4.78 is 59.0. The Morgan fingerprint density at radius 3 is 2.34 bits per heavy atom. The van der Waals surface area contributed by atoms with Crippen LogP contribution >= 0.6 is 0 Å². The monoisotopic (exact) mass is 613 g/mol. The smallest absolute Gasteiger partial charge is 0.429 e. The molecule has 1 spiro atoms. The van der Waals surface area contributed by atoms with Gasteiger partial charge in [-0.3, -0.25) is 4.79 Å². The highest BCUT2D eigenvalue weighted by molar-refractivity contribution is 5.76. The molecule has 12 heteroatoms. The van der Waals surface area contributed by atoms with Crippen molar-refractivity contribution in [3.05, 3.63) is 60.2 Å². The number of piperidine rings is 1. The fraction of sp³-hybridized carbons (Fsp3) is 0.469. The Balaban J connectivity index is 1.27. The maximum absolute atomic E-state index is 14.3. The molecule has 1 aromatic heterocycles. The molecule has 3 aromatic rings. The number of carbonyl (C=O) groups excluding carboxylic acids is 1. The first kappa shape index (κ1) is 31.4. The molecule has 2 fully saturated rings. The molecule has 0 bridgehead atoms. The molecule has 2 atom stereocenters. The quantitative estimate of drug-likeness (QED) is 0.278. The Hall–Kier alpha value is -4.06. The van der Waals surface area contributed by atoms with Crippen LogP contribution in [-0.4, -0.2) is 61.0 Å². The molecule has 2 aliphatic rings. The number of nitrogens with two attached hydrogens (primary N) is 1. The van der Waals surface area contributed by atoms with Crippen LogP contribution in [0.2, 0.25) is 0 Å². The minimum Gasteiger partial charge on any atom is -0.494 e.